The van der Waals surface area contributed by atoms with Gasteiger partial charge in [0.1, 0.15) is 5.75 Å². The van der Waals surface area contributed by atoms with E-state index in [2.05, 4.69) is 35.9 Å². The number of anilines is 3. The highest BCUT2D eigenvalue weighted by molar-refractivity contribution is 7.19. The number of methoxy groups -OCH3 is 1. The van der Waals surface area contributed by atoms with E-state index in [0.29, 0.717) is 22.6 Å². The largest absolute Gasteiger partial charge is 0.497 e. The minimum Gasteiger partial charge on any atom is -0.497 e. The van der Waals surface area contributed by atoms with Crippen LogP contribution in [-0.4, -0.2) is 59.1 Å². The highest BCUT2D eigenvalue weighted by Gasteiger charge is 2.26. The second-order valence-corrected chi connectivity index (χ2v) is 8.60. The fourth-order valence-electron chi connectivity index (χ4n) is 3.59. The molecule has 174 valence electrons. The molecule has 0 saturated carbocycles. The van der Waals surface area contributed by atoms with Gasteiger partial charge in [0.05, 0.1) is 12.8 Å². The van der Waals surface area contributed by atoms with E-state index >= 15 is 0 Å². The number of aryl methyl sites for hydroxylation is 1. The molecule has 0 radical (unpaired) electrons. The van der Waals surface area contributed by atoms with Crippen LogP contribution in [0.15, 0.2) is 36.4 Å². The van der Waals surface area contributed by atoms with Crippen LogP contribution >= 0.6 is 11.3 Å². The van der Waals surface area contributed by atoms with Gasteiger partial charge in [0.25, 0.3) is 5.91 Å². The Labute approximate surface area is 196 Å². The molecule has 2 aromatic heterocycles. The summed E-state index contributed by atoms with van der Waals surface area (Å²) in [5.41, 5.74) is 1.64. The van der Waals surface area contributed by atoms with Crippen molar-refractivity contribution in [2.24, 2.45) is 0 Å². The molecule has 1 aliphatic heterocycles. The van der Waals surface area contributed by atoms with Gasteiger partial charge in [-0.1, -0.05) is 23.5 Å². The third-order valence-electron chi connectivity index (χ3n) is 5.27. The molecule has 33 heavy (non-hydrogen) atoms. The number of ether oxygens (including phenoxy) is 2. The molecule has 1 amide bonds. The molecule has 11 heteroatoms. The molecule has 1 aromatic carbocycles. The smallest absolute Gasteiger partial charge is 0.259 e. The summed E-state index contributed by atoms with van der Waals surface area (Å²) in [6.07, 6.45) is 0.195. The monoisotopic (exact) mass is 469 g/mol. The summed E-state index contributed by atoms with van der Waals surface area (Å²) in [5, 5.41) is 24.0. The molecule has 1 fully saturated rings. The van der Waals surface area contributed by atoms with Gasteiger partial charge in [0.2, 0.25) is 10.3 Å². The maximum Gasteiger partial charge on any atom is 0.259 e. The molecule has 2 N–H and O–H groups in total. The number of nitrogens with one attached hydrogen (secondary N) is 2. The fraction of sp³-hybridized carbons (Fsp3) is 0.409. The van der Waals surface area contributed by atoms with Crippen molar-refractivity contribution in [1.82, 2.24) is 20.4 Å². The van der Waals surface area contributed by atoms with E-state index in [4.69, 9.17) is 9.47 Å². The first-order valence-electron chi connectivity index (χ1n) is 10.8. The molecule has 1 aliphatic rings. The molecule has 1 unspecified atom stereocenters. The minimum absolute atomic E-state index is 0.208. The van der Waals surface area contributed by atoms with Crippen LogP contribution in [0.25, 0.3) is 0 Å². The third-order valence-corrected chi connectivity index (χ3v) is 6.04. The Kier molecular flexibility index (Phi) is 7.30. The summed E-state index contributed by atoms with van der Waals surface area (Å²) in [5.74, 6) is 1.29. The first-order chi connectivity index (χ1) is 16.1. The molecule has 2 atom stereocenters. The Hall–Kier alpha value is -3.31. The molecule has 0 spiro atoms. The number of nitrogens with zero attached hydrogens (tertiary/aromatic N) is 5. The summed E-state index contributed by atoms with van der Waals surface area (Å²) < 4.78 is 10.9. The number of hydrogen-bond acceptors (Lipinski definition) is 10. The number of rotatable bonds is 9. The highest BCUT2D eigenvalue weighted by atomic mass is 32.1. The van der Waals surface area contributed by atoms with Crippen LogP contribution in [0.4, 0.5) is 16.1 Å². The van der Waals surface area contributed by atoms with Gasteiger partial charge >= 0.3 is 0 Å². The predicted molar refractivity (Wildman–Crippen MR) is 127 cm³/mol. The maximum absolute atomic E-state index is 12.9. The number of hydrogen-bond donors (Lipinski definition) is 2. The van der Waals surface area contributed by atoms with Crippen LogP contribution in [0.5, 0.6) is 5.75 Å². The first kappa shape index (κ1) is 22.9. The van der Waals surface area contributed by atoms with Crippen LogP contribution < -0.4 is 20.3 Å². The number of amides is 1. The molecule has 1 saturated heterocycles. The van der Waals surface area contributed by atoms with E-state index in [1.54, 1.807) is 19.2 Å². The van der Waals surface area contributed by atoms with Gasteiger partial charge in [-0.05, 0) is 50.1 Å². The normalized spacial score (nSPS) is 16.5. The van der Waals surface area contributed by atoms with E-state index < -0.39 is 6.10 Å². The summed E-state index contributed by atoms with van der Waals surface area (Å²) in [4.78, 5) is 15.1. The molecule has 3 aromatic rings. The van der Waals surface area contributed by atoms with E-state index in [-0.39, 0.29) is 11.9 Å². The zero-order valence-electron chi connectivity index (χ0n) is 18.8. The molecule has 3 heterocycles. The van der Waals surface area contributed by atoms with Gasteiger partial charge in [-0.2, -0.15) is 5.10 Å². The third kappa shape index (κ3) is 5.74. The van der Waals surface area contributed by atoms with Crippen molar-refractivity contribution < 1.29 is 14.3 Å². The van der Waals surface area contributed by atoms with E-state index in [9.17, 15) is 4.79 Å². The fourth-order valence-corrected chi connectivity index (χ4v) is 4.32. The van der Waals surface area contributed by atoms with Gasteiger partial charge in [-0.25, -0.2) is 0 Å². The Morgan fingerprint density at radius 3 is 2.64 bits per heavy atom. The SMILES string of the molecule is CCOC(C(=O)Nc1nnc(N[C@@H]2CCN(c3ccc(C)nn3)C2)s1)c1ccc(OC)cc1. The summed E-state index contributed by atoms with van der Waals surface area (Å²) in [6, 6.07) is 11.4. The standard InChI is InChI=1S/C22H27N7O3S/c1-4-32-19(15-6-8-17(31-3)9-7-15)20(30)24-22-28-27-21(33-22)23-16-11-12-29(13-16)18-10-5-14(2)25-26-18/h5-10,16,19H,4,11-13H2,1-3H3,(H,23,27)(H,24,28,30)/t16-,19?/m1/s1. The van der Waals surface area contributed by atoms with Gasteiger partial charge in [0, 0.05) is 25.7 Å². The Balaban J connectivity index is 1.34. The van der Waals surface area contributed by atoms with Gasteiger partial charge < -0.3 is 19.7 Å². The zero-order chi connectivity index (χ0) is 23.2. The second-order valence-electron chi connectivity index (χ2n) is 7.62. The lowest BCUT2D eigenvalue weighted by Crippen LogP contribution is -2.26. The molecular formula is C22H27N7O3S. The lowest BCUT2D eigenvalue weighted by Gasteiger charge is -2.17. The van der Waals surface area contributed by atoms with Crippen LogP contribution in [0, 0.1) is 6.92 Å². The van der Waals surface area contributed by atoms with Crippen LogP contribution in [0.2, 0.25) is 0 Å². The highest BCUT2D eigenvalue weighted by Crippen LogP contribution is 2.27. The number of benzene rings is 1. The Morgan fingerprint density at radius 2 is 1.94 bits per heavy atom. The van der Waals surface area contributed by atoms with Crippen LogP contribution in [0.3, 0.4) is 0 Å². The van der Waals surface area contributed by atoms with Crippen LogP contribution in [0.1, 0.15) is 30.7 Å². The van der Waals surface area contributed by atoms with Gasteiger partial charge in [-0.3, -0.25) is 10.1 Å². The van der Waals surface area contributed by atoms with Crippen molar-refractivity contribution in [2.45, 2.75) is 32.4 Å². The molecule has 0 bridgehead atoms. The van der Waals surface area contributed by atoms with E-state index in [0.717, 1.165) is 36.6 Å². The number of carbonyl (C=O) groups is 1. The van der Waals surface area contributed by atoms with Crippen molar-refractivity contribution in [3.63, 3.8) is 0 Å². The number of carbonyl (C=O) groups excluding carboxylic acids is 1. The topological polar surface area (TPSA) is 114 Å². The minimum atomic E-state index is -0.750. The van der Waals surface area contributed by atoms with Crippen molar-refractivity contribution in [3.05, 3.63) is 47.7 Å². The predicted octanol–water partition coefficient (Wildman–Crippen LogP) is 3.05. The van der Waals surface area contributed by atoms with Gasteiger partial charge in [0.15, 0.2) is 11.9 Å². The van der Waals surface area contributed by atoms with Crippen molar-refractivity contribution in [3.8, 4) is 5.75 Å². The zero-order valence-corrected chi connectivity index (χ0v) is 19.6. The van der Waals surface area contributed by atoms with Gasteiger partial charge in [-0.15, -0.1) is 15.3 Å². The van der Waals surface area contributed by atoms with E-state index in [1.165, 1.54) is 11.3 Å². The average Bonchev–Trinajstić information content (AvgIpc) is 3.48. The van der Waals surface area contributed by atoms with Crippen LogP contribution in [-0.2, 0) is 9.53 Å². The Bertz CT molecular complexity index is 1060. The maximum atomic E-state index is 12.9. The van der Waals surface area contributed by atoms with E-state index in [1.807, 2.05) is 38.1 Å². The lowest BCUT2D eigenvalue weighted by molar-refractivity contribution is -0.127. The molecule has 0 aliphatic carbocycles. The summed E-state index contributed by atoms with van der Waals surface area (Å²) in [6.45, 7) is 5.85. The lowest BCUT2D eigenvalue weighted by atomic mass is 10.1. The summed E-state index contributed by atoms with van der Waals surface area (Å²) in [7, 11) is 1.60. The van der Waals surface area contributed by atoms with Crippen molar-refractivity contribution in [1.29, 1.82) is 0 Å². The molecule has 10 nitrogen and oxygen atoms in total. The average molecular weight is 470 g/mol. The second kappa shape index (κ2) is 10.5. The van der Waals surface area contributed by atoms with Crippen molar-refractivity contribution >= 4 is 33.3 Å². The summed E-state index contributed by atoms with van der Waals surface area (Å²) >= 11 is 1.30. The van der Waals surface area contributed by atoms with Crippen molar-refractivity contribution in [2.75, 3.05) is 42.3 Å². The Morgan fingerprint density at radius 1 is 1.15 bits per heavy atom. The number of aromatic nitrogens is 4. The molecular weight excluding hydrogens is 442 g/mol. The molecule has 4 rings (SSSR count). The first-order valence-corrected chi connectivity index (χ1v) is 11.6. The quantitative estimate of drug-likeness (QED) is 0.488.